The second kappa shape index (κ2) is 12.4. The number of hydrogen-bond acceptors (Lipinski definition) is 7. The molecule has 9 heteroatoms. The molecular weight excluding hydrogens is 462 g/mol. The minimum Gasteiger partial charge on any atom is -0.444 e. The van der Waals surface area contributed by atoms with Crippen LogP contribution in [0.1, 0.15) is 39.7 Å². The van der Waals surface area contributed by atoms with Crippen LogP contribution in [0.3, 0.4) is 0 Å². The van der Waals surface area contributed by atoms with E-state index in [-0.39, 0.29) is 6.42 Å². The second-order valence-corrected chi connectivity index (χ2v) is 9.16. The average molecular weight is 492 g/mol. The molecule has 0 aliphatic rings. The lowest BCUT2D eigenvalue weighted by atomic mass is 9.98. The van der Waals surface area contributed by atoms with E-state index in [2.05, 4.69) is 10.1 Å². The summed E-state index contributed by atoms with van der Waals surface area (Å²) in [5.74, 6) is -1.58. The number of nitrogens with one attached hydrogen (secondary N) is 1. The standard InChI is InChI=1S/C25H30ClNO7/c1-16(28)32-15-33-23(30)22(29)14-21(27-24(31)34-25(2,3)4)12-17-8-10-18(11-9-17)19-6-5-7-20(26)13-19/h5-11,13,21-22,29H,12,14-15H2,1-4H3,(H,27,31). The van der Waals surface area contributed by atoms with Crippen LogP contribution in [0.5, 0.6) is 0 Å². The van der Waals surface area contributed by atoms with Crippen LogP contribution >= 0.6 is 11.6 Å². The maximum atomic E-state index is 12.3. The number of benzene rings is 2. The number of carbonyl (C=O) groups is 3. The molecule has 2 unspecified atom stereocenters. The number of alkyl carbamates (subject to hydrolysis) is 1. The molecule has 2 rings (SSSR count). The lowest BCUT2D eigenvalue weighted by Gasteiger charge is -2.25. The summed E-state index contributed by atoms with van der Waals surface area (Å²) in [7, 11) is 0. The summed E-state index contributed by atoms with van der Waals surface area (Å²) in [6.45, 7) is 5.77. The van der Waals surface area contributed by atoms with Gasteiger partial charge < -0.3 is 24.6 Å². The molecule has 0 heterocycles. The number of carbonyl (C=O) groups excluding carboxylic acids is 3. The molecule has 0 aromatic heterocycles. The fourth-order valence-corrected chi connectivity index (χ4v) is 3.28. The van der Waals surface area contributed by atoms with Crippen molar-refractivity contribution in [1.29, 1.82) is 0 Å². The third-order valence-corrected chi connectivity index (χ3v) is 4.79. The van der Waals surface area contributed by atoms with Gasteiger partial charge in [0.1, 0.15) is 5.60 Å². The fourth-order valence-electron chi connectivity index (χ4n) is 3.09. The first-order chi connectivity index (χ1) is 15.9. The molecule has 1 amide bonds. The highest BCUT2D eigenvalue weighted by Crippen LogP contribution is 2.23. The van der Waals surface area contributed by atoms with E-state index in [1.165, 1.54) is 6.92 Å². The molecule has 34 heavy (non-hydrogen) atoms. The van der Waals surface area contributed by atoms with Crippen molar-refractivity contribution in [3.05, 3.63) is 59.1 Å². The molecule has 0 spiro atoms. The van der Waals surface area contributed by atoms with Gasteiger partial charge in [0.05, 0.1) is 0 Å². The molecule has 0 aliphatic carbocycles. The summed E-state index contributed by atoms with van der Waals surface area (Å²) in [4.78, 5) is 35.2. The Hall–Kier alpha value is -3.10. The van der Waals surface area contributed by atoms with Crippen molar-refractivity contribution < 1.29 is 33.7 Å². The highest BCUT2D eigenvalue weighted by Gasteiger charge is 2.26. The van der Waals surface area contributed by atoms with Crippen molar-refractivity contribution in [2.24, 2.45) is 0 Å². The van der Waals surface area contributed by atoms with Gasteiger partial charge in [0.15, 0.2) is 6.10 Å². The van der Waals surface area contributed by atoms with Gasteiger partial charge in [-0.1, -0.05) is 48.0 Å². The molecule has 0 fully saturated rings. The Morgan fingerprint density at radius 1 is 1.03 bits per heavy atom. The topological polar surface area (TPSA) is 111 Å². The molecule has 0 saturated heterocycles. The van der Waals surface area contributed by atoms with Crippen molar-refractivity contribution in [3.8, 4) is 11.1 Å². The molecule has 0 radical (unpaired) electrons. The van der Waals surface area contributed by atoms with Crippen LogP contribution in [0, 0.1) is 0 Å². The Balaban J connectivity index is 2.09. The van der Waals surface area contributed by atoms with E-state index in [9.17, 15) is 19.5 Å². The Bertz CT molecular complexity index is 986. The predicted molar refractivity (Wildman–Crippen MR) is 127 cm³/mol. The van der Waals surface area contributed by atoms with E-state index >= 15 is 0 Å². The van der Waals surface area contributed by atoms with Crippen LogP contribution in [0.4, 0.5) is 4.79 Å². The maximum Gasteiger partial charge on any atom is 0.407 e. The molecule has 0 bridgehead atoms. The van der Waals surface area contributed by atoms with Crippen LogP contribution < -0.4 is 5.32 Å². The minimum absolute atomic E-state index is 0.131. The summed E-state index contributed by atoms with van der Waals surface area (Å²) < 4.78 is 14.6. The molecule has 184 valence electrons. The number of rotatable bonds is 9. The van der Waals surface area contributed by atoms with E-state index < -0.39 is 42.6 Å². The van der Waals surface area contributed by atoms with Crippen LogP contribution in [-0.2, 0) is 30.2 Å². The van der Waals surface area contributed by atoms with Gasteiger partial charge >= 0.3 is 18.0 Å². The van der Waals surface area contributed by atoms with Gasteiger partial charge in [-0.05, 0) is 56.0 Å². The van der Waals surface area contributed by atoms with Gasteiger partial charge in [-0.25, -0.2) is 9.59 Å². The summed E-state index contributed by atoms with van der Waals surface area (Å²) in [5.41, 5.74) is 2.09. The first kappa shape index (κ1) is 27.1. The molecule has 0 aliphatic heterocycles. The Morgan fingerprint density at radius 2 is 1.71 bits per heavy atom. The highest BCUT2D eigenvalue weighted by molar-refractivity contribution is 6.30. The number of aliphatic hydroxyl groups excluding tert-OH is 1. The summed E-state index contributed by atoms with van der Waals surface area (Å²) >= 11 is 6.07. The van der Waals surface area contributed by atoms with Gasteiger partial charge in [-0.3, -0.25) is 4.79 Å². The molecule has 8 nitrogen and oxygen atoms in total. The summed E-state index contributed by atoms with van der Waals surface area (Å²) in [5, 5.41) is 13.6. The van der Waals surface area contributed by atoms with E-state index in [1.807, 2.05) is 42.5 Å². The van der Waals surface area contributed by atoms with Crippen molar-refractivity contribution >= 4 is 29.6 Å². The summed E-state index contributed by atoms with van der Waals surface area (Å²) in [6.07, 6.45) is -2.02. The Morgan fingerprint density at radius 3 is 2.29 bits per heavy atom. The Labute approximate surface area is 204 Å². The van der Waals surface area contributed by atoms with Gasteiger partial charge in [0, 0.05) is 24.4 Å². The fraction of sp³-hybridized carbons (Fsp3) is 0.400. The van der Waals surface area contributed by atoms with Crippen molar-refractivity contribution in [3.63, 3.8) is 0 Å². The van der Waals surface area contributed by atoms with Gasteiger partial charge in [0.2, 0.25) is 6.79 Å². The lowest BCUT2D eigenvalue weighted by Crippen LogP contribution is -2.43. The largest absolute Gasteiger partial charge is 0.444 e. The monoisotopic (exact) mass is 491 g/mol. The highest BCUT2D eigenvalue weighted by atomic mass is 35.5. The normalized spacial score (nSPS) is 12.9. The maximum absolute atomic E-state index is 12.3. The molecule has 0 saturated carbocycles. The van der Waals surface area contributed by atoms with Crippen LogP contribution in [-0.4, -0.2) is 47.7 Å². The number of amides is 1. The Kier molecular flexibility index (Phi) is 9.89. The molecule has 2 aromatic carbocycles. The van der Waals surface area contributed by atoms with Crippen molar-refractivity contribution in [2.45, 2.75) is 58.3 Å². The van der Waals surface area contributed by atoms with E-state index in [1.54, 1.807) is 26.8 Å². The quantitative estimate of drug-likeness (QED) is 0.398. The number of esters is 2. The molecular formula is C25H30ClNO7. The van der Waals surface area contributed by atoms with Crippen LogP contribution in [0.25, 0.3) is 11.1 Å². The molecule has 2 aromatic rings. The SMILES string of the molecule is CC(=O)OCOC(=O)C(O)CC(Cc1ccc(-c2cccc(Cl)c2)cc1)NC(=O)OC(C)(C)C. The number of hydrogen-bond donors (Lipinski definition) is 2. The number of aliphatic hydroxyl groups is 1. The summed E-state index contributed by atoms with van der Waals surface area (Å²) in [6, 6.07) is 14.5. The third kappa shape index (κ3) is 9.80. The van der Waals surface area contributed by atoms with Gasteiger partial charge in [-0.15, -0.1) is 0 Å². The first-order valence-corrected chi connectivity index (χ1v) is 11.1. The second-order valence-electron chi connectivity index (χ2n) is 8.72. The van der Waals surface area contributed by atoms with Gasteiger partial charge in [-0.2, -0.15) is 0 Å². The van der Waals surface area contributed by atoms with E-state index in [4.69, 9.17) is 21.1 Å². The van der Waals surface area contributed by atoms with Crippen molar-refractivity contribution in [1.82, 2.24) is 5.32 Å². The first-order valence-electron chi connectivity index (χ1n) is 10.8. The van der Waals surface area contributed by atoms with Gasteiger partial charge in [0.25, 0.3) is 0 Å². The van der Waals surface area contributed by atoms with Crippen molar-refractivity contribution in [2.75, 3.05) is 6.79 Å². The third-order valence-electron chi connectivity index (χ3n) is 4.56. The zero-order valence-electron chi connectivity index (χ0n) is 19.7. The minimum atomic E-state index is -1.54. The number of halogens is 1. The molecule has 2 N–H and O–H groups in total. The lowest BCUT2D eigenvalue weighted by molar-refractivity contribution is -0.172. The zero-order valence-corrected chi connectivity index (χ0v) is 20.4. The smallest absolute Gasteiger partial charge is 0.407 e. The predicted octanol–water partition coefficient (Wildman–Crippen LogP) is 4.26. The van der Waals surface area contributed by atoms with E-state index in [0.29, 0.717) is 11.4 Å². The van der Waals surface area contributed by atoms with Crippen LogP contribution in [0.2, 0.25) is 5.02 Å². The van der Waals surface area contributed by atoms with Crippen LogP contribution in [0.15, 0.2) is 48.5 Å². The molecule has 2 atom stereocenters. The van der Waals surface area contributed by atoms with E-state index in [0.717, 1.165) is 16.7 Å². The number of ether oxygens (including phenoxy) is 3. The average Bonchev–Trinajstić information content (AvgIpc) is 2.72. The zero-order chi connectivity index (χ0) is 25.3.